The van der Waals surface area contributed by atoms with Crippen LogP contribution in [0.4, 0.5) is 4.79 Å². The number of carbonyl (C=O) groups is 3. The third-order valence-corrected chi connectivity index (χ3v) is 4.20. The normalized spacial score (nSPS) is 20.0. The molecule has 0 radical (unpaired) electrons. The maximum absolute atomic E-state index is 12.4. The van der Waals surface area contributed by atoms with Gasteiger partial charge < -0.3 is 15.0 Å². The molecule has 7 heteroatoms. The van der Waals surface area contributed by atoms with Crippen LogP contribution in [0.5, 0.6) is 0 Å². The quantitative estimate of drug-likeness (QED) is 0.843. The van der Waals surface area contributed by atoms with Gasteiger partial charge in [-0.15, -0.1) is 0 Å². The van der Waals surface area contributed by atoms with Crippen LogP contribution in [0.1, 0.15) is 35.8 Å². The number of ketones is 1. The Labute approximate surface area is 138 Å². The maximum Gasteiger partial charge on any atom is 0.338 e. The van der Waals surface area contributed by atoms with Crippen LogP contribution in [-0.4, -0.2) is 35.8 Å². The number of rotatable bonds is 2. The molecule has 1 aromatic rings. The summed E-state index contributed by atoms with van der Waals surface area (Å²) in [7, 11) is 0. The number of benzene rings is 1. The van der Waals surface area contributed by atoms with Gasteiger partial charge in [-0.25, -0.2) is 9.59 Å². The smallest absolute Gasteiger partial charge is 0.338 e. The number of carbonyl (C=O) groups excluding carboxylic acids is 3. The highest BCUT2D eigenvalue weighted by atomic mass is 35.5. The lowest BCUT2D eigenvalue weighted by atomic mass is 9.85. The van der Waals surface area contributed by atoms with Gasteiger partial charge in [0.05, 0.1) is 24.8 Å². The van der Waals surface area contributed by atoms with Crippen molar-refractivity contribution in [3.63, 3.8) is 0 Å². The second-order valence-electron chi connectivity index (χ2n) is 5.37. The zero-order valence-corrected chi connectivity index (χ0v) is 13.4. The summed E-state index contributed by atoms with van der Waals surface area (Å²) < 4.78 is 5.12. The zero-order chi connectivity index (χ0) is 16.7. The van der Waals surface area contributed by atoms with E-state index >= 15 is 0 Å². The molecule has 0 fully saturated rings. The van der Waals surface area contributed by atoms with Crippen LogP contribution in [0.25, 0.3) is 0 Å². The maximum atomic E-state index is 12.4. The van der Waals surface area contributed by atoms with E-state index in [4.69, 9.17) is 16.3 Å². The number of ether oxygens (including phenoxy) is 1. The lowest BCUT2D eigenvalue weighted by Crippen LogP contribution is -2.52. The first kappa shape index (κ1) is 15.6. The molecule has 23 heavy (non-hydrogen) atoms. The number of urea groups is 1. The summed E-state index contributed by atoms with van der Waals surface area (Å²) >= 11 is 5.97. The molecule has 0 aliphatic carbocycles. The van der Waals surface area contributed by atoms with Gasteiger partial charge in [0.15, 0.2) is 5.78 Å². The number of Topliss-reactive ketones (excluding diaryl/α,β-unsaturated/α-hetero) is 1. The van der Waals surface area contributed by atoms with Crippen molar-refractivity contribution in [1.82, 2.24) is 10.2 Å². The summed E-state index contributed by atoms with van der Waals surface area (Å²) in [5.74, 6) is -0.716. The molecule has 2 amide bonds. The Balaban J connectivity index is 2.19. The number of nitrogens with one attached hydrogen (secondary N) is 1. The molecule has 0 bridgehead atoms. The molecule has 120 valence electrons. The van der Waals surface area contributed by atoms with E-state index in [1.807, 2.05) is 0 Å². The molecule has 2 heterocycles. The van der Waals surface area contributed by atoms with E-state index in [2.05, 4.69) is 5.32 Å². The van der Waals surface area contributed by atoms with E-state index in [-0.39, 0.29) is 18.9 Å². The fourth-order valence-electron chi connectivity index (χ4n) is 2.99. The fourth-order valence-corrected chi connectivity index (χ4v) is 3.16. The molecule has 3 rings (SSSR count). The number of hydrogen-bond donors (Lipinski definition) is 1. The molecule has 1 atom stereocenters. The van der Waals surface area contributed by atoms with Crippen molar-refractivity contribution in [2.45, 2.75) is 19.9 Å². The van der Waals surface area contributed by atoms with Crippen LogP contribution >= 0.6 is 11.6 Å². The van der Waals surface area contributed by atoms with Gasteiger partial charge in [-0.3, -0.25) is 4.79 Å². The molecule has 2 aliphatic rings. The van der Waals surface area contributed by atoms with Crippen LogP contribution < -0.4 is 5.32 Å². The largest absolute Gasteiger partial charge is 0.463 e. The minimum Gasteiger partial charge on any atom is -0.463 e. The summed E-state index contributed by atoms with van der Waals surface area (Å²) in [6.45, 7) is 3.47. The summed E-state index contributed by atoms with van der Waals surface area (Å²) in [4.78, 5) is 38.3. The van der Waals surface area contributed by atoms with Crippen LogP contribution in [0.15, 0.2) is 29.5 Å². The van der Waals surface area contributed by atoms with Crippen molar-refractivity contribution >= 4 is 29.4 Å². The van der Waals surface area contributed by atoms with Crippen molar-refractivity contribution in [2.75, 3.05) is 13.2 Å². The summed E-state index contributed by atoms with van der Waals surface area (Å²) in [5, 5.41) is 3.05. The van der Waals surface area contributed by atoms with Crippen molar-refractivity contribution in [3.8, 4) is 0 Å². The van der Waals surface area contributed by atoms with Crippen LogP contribution in [0.3, 0.4) is 0 Å². The third-order valence-electron chi connectivity index (χ3n) is 3.96. The predicted octanol–water partition coefficient (Wildman–Crippen LogP) is 2.44. The van der Waals surface area contributed by atoms with Gasteiger partial charge in [0.1, 0.15) is 0 Å². The molecule has 0 saturated heterocycles. The Hall–Kier alpha value is -2.34. The Bertz CT molecular complexity index is 756. The first-order chi connectivity index (χ1) is 10.9. The molecule has 6 nitrogen and oxygen atoms in total. The number of esters is 1. The first-order valence-electron chi connectivity index (χ1n) is 7.22. The van der Waals surface area contributed by atoms with Crippen molar-refractivity contribution in [1.29, 1.82) is 0 Å². The minimum absolute atomic E-state index is 0.111. The highest BCUT2D eigenvalue weighted by Gasteiger charge is 2.43. The molecule has 1 N–H and O–H groups in total. The van der Waals surface area contributed by atoms with Crippen LogP contribution in [0.2, 0.25) is 5.02 Å². The van der Waals surface area contributed by atoms with Gasteiger partial charge in [0, 0.05) is 16.3 Å². The van der Waals surface area contributed by atoms with Crippen LogP contribution in [0, 0.1) is 0 Å². The third kappa shape index (κ3) is 2.49. The first-order valence-corrected chi connectivity index (χ1v) is 7.60. The van der Waals surface area contributed by atoms with Gasteiger partial charge >= 0.3 is 12.0 Å². The zero-order valence-electron chi connectivity index (χ0n) is 12.7. The van der Waals surface area contributed by atoms with E-state index in [0.717, 1.165) is 0 Å². The predicted molar refractivity (Wildman–Crippen MR) is 83.1 cm³/mol. The van der Waals surface area contributed by atoms with E-state index < -0.39 is 18.0 Å². The summed E-state index contributed by atoms with van der Waals surface area (Å²) in [5.41, 5.74) is 1.79. The molecule has 2 aliphatic heterocycles. The second-order valence-corrected chi connectivity index (χ2v) is 5.81. The lowest BCUT2D eigenvalue weighted by Gasteiger charge is -2.40. The Morgan fingerprint density at radius 3 is 2.87 bits per heavy atom. The molecular weight excluding hydrogens is 320 g/mol. The Morgan fingerprint density at radius 1 is 1.43 bits per heavy atom. The SMILES string of the molecule is CCOC(=O)C1=C(C)NC(=O)N2CC(=O)c3cc(Cl)ccc3C12. The molecule has 0 spiro atoms. The molecule has 0 aromatic heterocycles. The topological polar surface area (TPSA) is 75.7 Å². The van der Waals surface area contributed by atoms with Gasteiger partial charge in [-0.2, -0.15) is 0 Å². The van der Waals surface area contributed by atoms with Crippen molar-refractivity contribution < 1.29 is 19.1 Å². The molecule has 1 unspecified atom stereocenters. The lowest BCUT2D eigenvalue weighted by molar-refractivity contribution is -0.139. The van der Waals surface area contributed by atoms with Crippen LogP contribution in [-0.2, 0) is 9.53 Å². The van der Waals surface area contributed by atoms with Gasteiger partial charge in [-0.1, -0.05) is 17.7 Å². The summed E-state index contributed by atoms with van der Waals surface area (Å²) in [6, 6.07) is 3.84. The minimum atomic E-state index is -0.646. The van der Waals surface area contributed by atoms with E-state index in [0.29, 0.717) is 27.4 Å². The second kappa shape index (κ2) is 5.70. The van der Waals surface area contributed by atoms with E-state index in [1.165, 1.54) is 4.90 Å². The summed E-state index contributed by atoms with van der Waals surface area (Å²) in [6.07, 6.45) is 0. The highest BCUT2D eigenvalue weighted by Crippen LogP contribution is 2.39. The number of hydrogen-bond acceptors (Lipinski definition) is 4. The van der Waals surface area contributed by atoms with Gasteiger partial charge in [0.25, 0.3) is 0 Å². The molecule has 1 aromatic carbocycles. The fraction of sp³-hybridized carbons (Fsp3) is 0.312. The number of fused-ring (bicyclic) bond motifs is 3. The molecular formula is C16H15ClN2O4. The van der Waals surface area contributed by atoms with Crippen molar-refractivity contribution in [2.24, 2.45) is 0 Å². The Kier molecular flexibility index (Phi) is 3.85. The highest BCUT2D eigenvalue weighted by molar-refractivity contribution is 6.31. The monoisotopic (exact) mass is 334 g/mol. The Morgan fingerprint density at radius 2 is 2.17 bits per heavy atom. The average Bonchev–Trinajstić information content (AvgIpc) is 2.49. The van der Waals surface area contributed by atoms with E-state index in [9.17, 15) is 14.4 Å². The van der Waals surface area contributed by atoms with E-state index in [1.54, 1.807) is 32.0 Å². The number of amides is 2. The van der Waals surface area contributed by atoms with Crippen molar-refractivity contribution in [3.05, 3.63) is 45.6 Å². The number of allylic oxidation sites excluding steroid dienone is 1. The number of halogens is 1. The standard InChI is InChI=1S/C16H15ClN2O4/c1-3-23-15(21)13-8(2)18-16(22)19-7-12(20)11-6-9(17)4-5-10(11)14(13)19/h4-6,14H,3,7H2,1-2H3,(H,18,22). The molecule has 0 saturated carbocycles. The number of nitrogens with zero attached hydrogens (tertiary/aromatic N) is 1. The average molecular weight is 335 g/mol. The van der Waals surface area contributed by atoms with Gasteiger partial charge in [-0.05, 0) is 31.5 Å². The van der Waals surface area contributed by atoms with Gasteiger partial charge in [0.2, 0.25) is 0 Å².